The SMILES string of the molecule is Cn1c(N2CCC(C(=O)O)CC2)nc2c(F)cccc21. The van der Waals surface area contributed by atoms with E-state index in [1.807, 2.05) is 22.6 Å². The molecule has 0 radical (unpaired) electrons. The molecule has 1 N–H and O–H groups in total. The number of benzene rings is 1. The summed E-state index contributed by atoms with van der Waals surface area (Å²) in [6, 6.07) is 4.90. The summed E-state index contributed by atoms with van der Waals surface area (Å²) in [5.41, 5.74) is 1.12. The van der Waals surface area contributed by atoms with Gasteiger partial charge in [-0.15, -0.1) is 0 Å². The van der Waals surface area contributed by atoms with E-state index in [2.05, 4.69) is 4.98 Å². The predicted octanol–water partition coefficient (Wildman–Crippen LogP) is 2.01. The van der Waals surface area contributed by atoms with Crippen LogP contribution < -0.4 is 4.90 Å². The first kappa shape index (κ1) is 12.9. The molecular weight excluding hydrogens is 261 g/mol. The fraction of sp³-hybridized carbons (Fsp3) is 0.429. The number of anilines is 1. The smallest absolute Gasteiger partial charge is 0.306 e. The minimum atomic E-state index is -0.735. The van der Waals surface area contributed by atoms with Gasteiger partial charge in [-0.05, 0) is 25.0 Å². The van der Waals surface area contributed by atoms with Gasteiger partial charge in [0.2, 0.25) is 5.95 Å². The predicted molar refractivity (Wildman–Crippen MR) is 73.2 cm³/mol. The molecule has 0 spiro atoms. The first-order valence-corrected chi connectivity index (χ1v) is 6.66. The van der Waals surface area contributed by atoms with E-state index in [0.717, 1.165) is 5.52 Å². The number of carboxylic acid groups (broad SMARTS) is 1. The Hall–Kier alpha value is -2.11. The maximum atomic E-state index is 13.7. The standard InChI is InChI=1S/C14H16FN3O2/c1-17-11-4-2-3-10(15)12(11)16-14(17)18-7-5-9(6-8-18)13(19)20/h2-4,9H,5-8H2,1H3,(H,19,20). The average Bonchev–Trinajstić information content (AvgIpc) is 2.78. The number of carbonyl (C=O) groups is 1. The minimum Gasteiger partial charge on any atom is -0.481 e. The van der Waals surface area contributed by atoms with Crippen LogP contribution >= 0.6 is 0 Å². The first-order valence-electron chi connectivity index (χ1n) is 6.66. The van der Waals surface area contributed by atoms with E-state index in [0.29, 0.717) is 37.4 Å². The maximum Gasteiger partial charge on any atom is 0.306 e. The topological polar surface area (TPSA) is 58.4 Å². The van der Waals surface area contributed by atoms with Gasteiger partial charge in [-0.1, -0.05) is 6.07 Å². The van der Waals surface area contributed by atoms with E-state index in [4.69, 9.17) is 5.11 Å². The number of aryl methyl sites for hydroxylation is 1. The molecule has 0 atom stereocenters. The van der Waals surface area contributed by atoms with Crippen LogP contribution in [0.3, 0.4) is 0 Å². The van der Waals surface area contributed by atoms with Crippen molar-refractivity contribution in [3.8, 4) is 0 Å². The Bertz CT molecular complexity index is 660. The van der Waals surface area contributed by atoms with Crippen molar-refractivity contribution < 1.29 is 14.3 Å². The molecule has 1 aliphatic heterocycles. The summed E-state index contributed by atoms with van der Waals surface area (Å²) in [6.07, 6.45) is 1.20. The molecule has 1 aliphatic rings. The third-order valence-corrected chi connectivity index (χ3v) is 3.97. The molecule has 0 amide bonds. The van der Waals surface area contributed by atoms with E-state index >= 15 is 0 Å². The highest BCUT2D eigenvalue weighted by Crippen LogP contribution is 2.27. The third kappa shape index (κ3) is 2.01. The number of carboxylic acids is 1. The maximum absolute atomic E-state index is 13.7. The average molecular weight is 277 g/mol. The summed E-state index contributed by atoms with van der Waals surface area (Å²) in [6.45, 7) is 1.27. The second kappa shape index (κ2) is 4.77. The Morgan fingerprint density at radius 1 is 1.40 bits per heavy atom. The number of para-hydroxylation sites is 1. The molecule has 2 heterocycles. The summed E-state index contributed by atoms with van der Waals surface area (Å²) in [5.74, 6) is -0.642. The number of hydrogen-bond acceptors (Lipinski definition) is 3. The number of fused-ring (bicyclic) bond motifs is 1. The number of nitrogens with zero attached hydrogens (tertiary/aromatic N) is 3. The highest BCUT2D eigenvalue weighted by Gasteiger charge is 2.27. The fourth-order valence-electron chi connectivity index (χ4n) is 2.78. The van der Waals surface area contributed by atoms with Crippen molar-refractivity contribution in [3.63, 3.8) is 0 Å². The Balaban J connectivity index is 1.90. The summed E-state index contributed by atoms with van der Waals surface area (Å²) < 4.78 is 15.6. The van der Waals surface area contributed by atoms with Gasteiger partial charge in [-0.25, -0.2) is 9.37 Å². The van der Waals surface area contributed by atoms with Crippen LogP contribution in [0.15, 0.2) is 18.2 Å². The Morgan fingerprint density at radius 2 is 2.10 bits per heavy atom. The number of aliphatic carboxylic acids is 1. The number of aromatic nitrogens is 2. The molecule has 5 nitrogen and oxygen atoms in total. The van der Waals surface area contributed by atoms with Crippen molar-refractivity contribution in [1.82, 2.24) is 9.55 Å². The minimum absolute atomic E-state index is 0.280. The van der Waals surface area contributed by atoms with Crippen molar-refractivity contribution in [2.75, 3.05) is 18.0 Å². The first-order chi connectivity index (χ1) is 9.58. The van der Waals surface area contributed by atoms with Crippen molar-refractivity contribution in [1.29, 1.82) is 0 Å². The Kier molecular flexibility index (Phi) is 3.08. The van der Waals surface area contributed by atoms with E-state index in [1.54, 1.807) is 6.07 Å². The number of imidazole rings is 1. The molecule has 106 valence electrons. The van der Waals surface area contributed by atoms with Gasteiger partial charge in [0.1, 0.15) is 5.52 Å². The summed E-state index contributed by atoms with van der Waals surface area (Å²) in [7, 11) is 1.85. The third-order valence-electron chi connectivity index (χ3n) is 3.97. The van der Waals surface area contributed by atoms with Gasteiger partial charge in [0.25, 0.3) is 0 Å². The molecule has 1 aromatic carbocycles. The summed E-state index contributed by atoms with van der Waals surface area (Å²) in [4.78, 5) is 17.4. The highest BCUT2D eigenvalue weighted by atomic mass is 19.1. The van der Waals surface area contributed by atoms with Crippen LogP contribution in [-0.4, -0.2) is 33.7 Å². The highest BCUT2D eigenvalue weighted by molar-refractivity contribution is 5.79. The van der Waals surface area contributed by atoms with Crippen LogP contribution in [0.2, 0.25) is 0 Å². The van der Waals surface area contributed by atoms with E-state index in [-0.39, 0.29) is 11.7 Å². The van der Waals surface area contributed by atoms with Crippen molar-refractivity contribution in [2.24, 2.45) is 13.0 Å². The fourth-order valence-corrected chi connectivity index (χ4v) is 2.78. The number of piperidine rings is 1. The molecule has 2 aromatic rings. The Morgan fingerprint density at radius 3 is 2.70 bits per heavy atom. The molecule has 1 fully saturated rings. The monoisotopic (exact) mass is 277 g/mol. The molecule has 3 rings (SSSR count). The molecule has 0 bridgehead atoms. The number of rotatable bonds is 2. The molecule has 0 unspecified atom stereocenters. The second-order valence-electron chi connectivity index (χ2n) is 5.18. The van der Waals surface area contributed by atoms with Gasteiger partial charge in [0, 0.05) is 20.1 Å². The lowest BCUT2D eigenvalue weighted by Gasteiger charge is -2.30. The summed E-state index contributed by atoms with van der Waals surface area (Å²) >= 11 is 0. The van der Waals surface area contributed by atoms with Crippen molar-refractivity contribution in [3.05, 3.63) is 24.0 Å². The van der Waals surface area contributed by atoms with Crippen LogP contribution in [0, 0.1) is 11.7 Å². The zero-order valence-electron chi connectivity index (χ0n) is 11.2. The quantitative estimate of drug-likeness (QED) is 0.912. The lowest BCUT2D eigenvalue weighted by Crippen LogP contribution is -2.37. The molecule has 1 aromatic heterocycles. The zero-order chi connectivity index (χ0) is 14.3. The van der Waals surface area contributed by atoms with E-state index < -0.39 is 5.97 Å². The van der Waals surface area contributed by atoms with Crippen LogP contribution in [0.4, 0.5) is 10.3 Å². The molecule has 6 heteroatoms. The van der Waals surface area contributed by atoms with Gasteiger partial charge in [-0.2, -0.15) is 0 Å². The van der Waals surface area contributed by atoms with Crippen LogP contribution in [0.5, 0.6) is 0 Å². The van der Waals surface area contributed by atoms with Gasteiger partial charge in [0.05, 0.1) is 11.4 Å². The van der Waals surface area contributed by atoms with Crippen LogP contribution in [-0.2, 0) is 11.8 Å². The Labute approximate surface area is 115 Å². The van der Waals surface area contributed by atoms with Gasteiger partial charge in [0.15, 0.2) is 5.82 Å². The number of hydrogen-bond donors (Lipinski definition) is 1. The zero-order valence-corrected chi connectivity index (χ0v) is 11.2. The van der Waals surface area contributed by atoms with E-state index in [9.17, 15) is 9.18 Å². The van der Waals surface area contributed by atoms with Gasteiger partial charge in [-0.3, -0.25) is 4.79 Å². The molecule has 0 aliphatic carbocycles. The lowest BCUT2D eigenvalue weighted by molar-refractivity contribution is -0.142. The normalized spacial score (nSPS) is 16.8. The largest absolute Gasteiger partial charge is 0.481 e. The lowest BCUT2D eigenvalue weighted by atomic mass is 9.97. The summed E-state index contributed by atoms with van der Waals surface area (Å²) in [5, 5.41) is 9.01. The van der Waals surface area contributed by atoms with E-state index in [1.165, 1.54) is 6.07 Å². The molecule has 1 saturated heterocycles. The molecule has 20 heavy (non-hydrogen) atoms. The van der Waals surface area contributed by atoms with Crippen molar-refractivity contribution >= 4 is 23.0 Å². The number of halogens is 1. The molecule has 0 saturated carbocycles. The second-order valence-corrected chi connectivity index (χ2v) is 5.18. The van der Waals surface area contributed by atoms with Gasteiger partial charge >= 0.3 is 5.97 Å². The molecular formula is C14H16FN3O2. The van der Waals surface area contributed by atoms with Gasteiger partial charge < -0.3 is 14.6 Å². The van der Waals surface area contributed by atoms with Crippen molar-refractivity contribution in [2.45, 2.75) is 12.8 Å². The van der Waals surface area contributed by atoms with Crippen LogP contribution in [0.25, 0.3) is 11.0 Å². The van der Waals surface area contributed by atoms with Crippen LogP contribution in [0.1, 0.15) is 12.8 Å².